The van der Waals surface area contributed by atoms with Crippen LogP contribution in [0.3, 0.4) is 0 Å². The van der Waals surface area contributed by atoms with Crippen molar-refractivity contribution in [1.29, 1.82) is 0 Å². The number of benzene rings is 1. The first kappa shape index (κ1) is 16.8. The molecule has 26 heavy (non-hydrogen) atoms. The van der Waals surface area contributed by atoms with Crippen LogP contribution in [0.15, 0.2) is 45.8 Å². The Hall–Kier alpha value is -2.66. The third-order valence-electron chi connectivity index (χ3n) is 3.33. The SMILES string of the molecule is Cc1cccc(Nc2nnc(Sc3ccc4nnc(C(F)F)n4n3)s2)c1. The lowest BCUT2D eigenvalue weighted by Gasteiger charge is -2.02. The van der Waals surface area contributed by atoms with Crippen molar-refractivity contribution in [2.75, 3.05) is 5.32 Å². The number of hydrogen-bond acceptors (Lipinski definition) is 8. The van der Waals surface area contributed by atoms with Gasteiger partial charge in [-0.05, 0) is 48.5 Å². The average molecular weight is 391 g/mol. The first-order chi connectivity index (χ1) is 12.6. The molecule has 0 unspecified atom stereocenters. The minimum absolute atomic E-state index is 0.267. The molecule has 0 aliphatic carbocycles. The molecule has 0 atom stereocenters. The summed E-state index contributed by atoms with van der Waals surface area (Å²) in [5.74, 6) is -0.485. The summed E-state index contributed by atoms with van der Waals surface area (Å²) in [6, 6.07) is 11.2. The highest BCUT2D eigenvalue weighted by Crippen LogP contribution is 2.32. The van der Waals surface area contributed by atoms with Gasteiger partial charge in [-0.25, -0.2) is 8.78 Å². The zero-order valence-electron chi connectivity index (χ0n) is 13.3. The molecule has 1 aromatic carbocycles. The Bertz CT molecular complexity index is 1060. The van der Waals surface area contributed by atoms with Gasteiger partial charge in [0.15, 0.2) is 9.99 Å². The monoisotopic (exact) mass is 391 g/mol. The number of fused-ring (bicyclic) bond motifs is 1. The van der Waals surface area contributed by atoms with Gasteiger partial charge in [0.1, 0.15) is 5.03 Å². The van der Waals surface area contributed by atoms with Crippen molar-refractivity contribution >= 4 is 39.6 Å². The van der Waals surface area contributed by atoms with Crippen LogP contribution in [0, 0.1) is 6.92 Å². The third-order valence-corrected chi connectivity index (χ3v) is 5.14. The predicted molar refractivity (Wildman–Crippen MR) is 94.2 cm³/mol. The van der Waals surface area contributed by atoms with E-state index in [1.54, 1.807) is 12.1 Å². The van der Waals surface area contributed by atoms with E-state index in [1.165, 1.54) is 23.1 Å². The number of anilines is 2. The van der Waals surface area contributed by atoms with Gasteiger partial charge in [0.05, 0.1) is 0 Å². The maximum atomic E-state index is 12.9. The van der Waals surface area contributed by atoms with E-state index >= 15 is 0 Å². The largest absolute Gasteiger partial charge is 0.330 e. The number of hydrogen-bond donors (Lipinski definition) is 1. The molecule has 0 fully saturated rings. The Kier molecular flexibility index (Phi) is 4.47. The second-order valence-electron chi connectivity index (χ2n) is 5.27. The molecule has 7 nitrogen and oxygen atoms in total. The van der Waals surface area contributed by atoms with Gasteiger partial charge in [0.2, 0.25) is 11.0 Å². The second kappa shape index (κ2) is 6.92. The molecule has 3 heterocycles. The Morgan fingerprint density at radius 3 is 2.81 bits per heavy atom. The predicted octanol–water partition coefficient (Wildman–Crippen LogP) is 4.12. The molecule has 1 N–H and O–H groups in total. The molecule has 0 spiro atoms. The van der Waals surface area contributed by atoms with E-state index in [0.717, 1.165) is 15.8 Å². The highest BCUT2D eigenvalue weighted by atomic mass is 32.2. The molecule has 132 valence electrons. The molecule has 4 aromatic rings. The molecule has 0 bridgehead atoms. The Labute approximate surface area is 154 Å². The number of rotatable bonds is 5. The number of nitrogens with one attached hydrogen (secondary N) is 1. The highest BCUT2D eigenvalue weighted by molar-refractivity contribution is 8.01. The van der Waals surface area contributed by atoms with Crippen LogP contribution >= 0.6 is 23.1 Å². The van der Waals surface area contributed by atoms with Crippen molar-refractivity contribution in [3.05, 3.63) is 47.8 Å². The summed E-state index contributed by atoms with van der Waals surface area (Å²) < 4.78 is 27.5. The summed E-state index contributed by atoms with van der Waals surface area (Å²) in [6.07, 6.45) is -2.75. The van der Waals surface area contributed by atoms with Crippen molar-refractivity contribution in [2.24, 2.45) is 0 Å². The lowest BCUT2D eigenvalue weighted by Crippen LogP contribution is -2.00. The van der Waals surface area contributed by atoms with E-state index in [0.29, 0.717) is 14.5 Å². The molecule has 0 amide bonds. The average Bonchev–Trinajstić information content (AvgIpc) is 3.21. The van der Waals surface area contributed by atoms with Gasteiger partial charge in [-0.1, -0.05) is 23.5 Å². The van der Waals surface area contributed by atoms with E-state index in [4.69, 9.17) is 0 Å². The molecule has 0 saturated carbocycles. The quantitative estimate of drug-likeness (QED) is 0.548. The molecule has 0 aliphatic rings. The van der Waals surface area contributed by atoms with Gasteiger partial charge >= 0.3 is 0 Å². The molecule has 0 radical (unpaired) electrons. The smallest absolute Gasteiger partial charge is 0.299 e. The number of halogens is 2. The Balaban J connectivity index is 1.53. The number of aromatic nitrogens is 6. The Morgan fingerprint density at radius 2 is 2.00 bits per heavy atom. The summed E-state index contributed by atoms with van der Waals surface area (Å²) in [7, 11) is 0. The lowest BCUT2D eigenvalue weighted by molar-refractivity contribution is 0.137. The van der Waals surface area contributed by atoms with Crippen molar-refractivity contribution in [2.45, 2.75) is 22.7 Å². The van der Waals surface area contributed by atoms with Crippen LogP contribution in [0.5, 0.6) is 0 Å². The Morgan fingerprint density at radius 1 is 1.12 bits per heavy atom. The van der Waals surface area contributed by atoms with E-state index in [2.05, 4.69) is 30.8 Å². The summed E-state index contributed by atoms with van der Waals surface area (Å²) in [5, 5.41) is 23.8. The maximum absolute atomic E-state index is 12.9. The molecule has 4 rings (SSSR count). The maximum Gasteiger partial charge on any atom is 0.299 e. The van der Waals surface area contributed by atoms with Crippen LogP contribution in [0.1, 0.15) is 17.8 Å². The van der Waals surface area contributed by atoms with Crippen LogP contribution in [0.25, 0.3) is 5.65 Å². The van der Waals surface area contributed by atoms with E-state index in [1.807, 2.05) is 31.2 Å². The summed E-state index contributed by atoms with van der Waals surface area (Å²) in [5.41, 5.74) is 2.32. The number of nitrogens with zero attached hydrogens (tertiary/aromatic N) is 6. The van der Waals surface area contributed by atoms with Crippen molar-refractivity contribution in [3.63, 3.8) is 0 Å². The normalized spacial score (nSPS) is 11.4. The van der Waals surface area contributed by atoms with Crippen LogP contribution in [0.2, 0.25) is 0 Å². The van der Waals surface area contributed by atoms with Crippen molar-refractivity contribution < 1.29 is 8.78 Å². The van der Waals surface area contributed by atoms with Crippen molar-refractivity contribution in [3.8, 4) is 0 Å². The van der Waals surface area contributed by atoms with Gasteiger partial charge in [-0.2, -0.15) is 9.61 Å². The zero-order chi connectivity index (χ0) is 18.1. The standard InChI is InChI=1S/C15H11F2N7S2/c1-8-3-2-4-9(7-8)18-14-21-22-15(26-14)25-11-6-5-10-19-20-13(12(16)17)24(10)23-11/h2-7,12H,1H3,(H,18,21). The number of alkyl halides is 2. The minimum Gasteiger partial charge on any atom is -0.330 e. The fourth-order valence-corrected chi connectivity index (χ4v) is 3.89. The molecule has 3 aromatic heterocycles. The van der Waals surface area contributed by atoms with Crippen LogP contribution < -0.4 is 5.32 Å². The van der Waals surface area contributed by atoms with Crippen LogP contribution in [-0.2, 0) is 0 Å². The molecule has 11 heteroatoms. The molecule has 0 aliphatic heterocycles. The molecular formula is C15H11F2N7S2. The summed E-state index contributed by atoms with van der Waals surface area (Å²) in [4.78, 5) is 0. The van der Waals surface area contributed by atoms with E-state index in [9.17, 15) is 8.78 Å². The first-order valence-corrected chi connectivity index (χ1v) is 9.07. The van der Waals surface area contributed by atoms with E-state index in [-0.39, 0.29) is 5.65 Å². The van der Waals surface area contributed by atoms with Crippen LogP contribution in [0.4, 0.5) is 19.6 Å². The topological polar surface area (TPSA) is 80.9 Å². The second-order valence-corrected chi connectivity index (χ2v) is 7.52. The van der Waals surface area contributed by atoms with Crippen LogP contribution in [-0.4, -0.2) is 30.0 Å². The third kappa shape index (κ3) is 3.48. The number of aryl methyl sites for hydroxylation is 1. The zero-order valence-corrected chi connectivity index (χ0v) is 14.9. The lowest BCUT2D eigenvalue weighted by atomic mass is 10.2. The molecule has 0 saturated heterocycles. The van der Waals surface area contributed by atoms with Gasteiger partial charge in [-0.3, -0.25) is 0 Å². The van der Waals surface area contributed by atoms with Gasteiger partial charge < -0.3 is 5.32 Å². The molecular weight excluding hydrogens is 380 g/mol. The first-order valence-electron chi connectivity index (χ1n) is 7.44. The summed E-state index contributed by atoms with van der Waals surface area (Å²) in [6.45, 7) is 2.01. The fraction of sp³-hybridized carbons (Fsp3) is 0.133. The van der Waals surface area contributed by atoms with Gasteiger partial charge in [0.25, 0.3) is 6.43 Å². The highest BCUT2D eigenvalue weighted by Gasteiger charge is 2.17. The van der Waals surface area contributed by atoms with Crippen molar-refractivity contribution in [1.82, 2.24) is 30.0 Å². The minimum atomic E-state index is -2.75. The van der Waals surface area contributed by atoms with E-state index < -0.39 is 12.2 Å². The fourth-order valence-electron chi connectivity index (χ4n) is 2.22. The summed E-state index contributed by atoms with van der Waals surface area (Å²) >= 11 is 2.58. The van der Waals surface area contributed by atoms with Gasteiger partial charge in [-0.15, -0.1) is 20.4 Å². The van der Waals surface area contributed by atoms with Gasteiger partial charge in [0, 0.05) is 5.69 Å².